The van der Waals surface area contributed by atoms with Gasteiger partial charge in [-0.3, -0.25) is 0 Å². The first-order chi connectivity index (χ1) is 4.20. The summed E-state index contributed by atoms with van der Waals surface area (Å²) in [6.07, 6.45) is 0. The molecule has 1 aromatic rings. The first-order valence-corrected chi connectivity index (χ1v) is 2.72. The maximum atomic E-state index is 12.3. The summed E-state index contributed by atoms with van der Waals surface area (Å²) in [5.41, 5.74) is 1.42. The van der Waals surface area contributed by atoms with Crippen molar-refractivity contribution in [2.45, 2.75) is 6.92 Å². The number of rotatable bonds is 0. The van der Waals surface area contributed by atoms with E-state index >= 15 is 0 Å². The maximum Gasteiger partial charge on any atom is 0.123 e. The van der Waals surface area contributed by atoms with Crippen LogP contribution in [0, 0.1) is 12.7 Å². The Morgan fingerprint density at radius 2 is 2.11 bits per heavy atom. The van der Waals surface area contributed by atoms with Crippen LogP contribution in [0.2, 0.25) is 0 Å². The third-order valence-corrected chi connectivity index (χ3v) is 1.23. The van der Waals surface area contributed by atoms with Crippen LogP contribution in [-0.4, -0.2) is 7.85 Å². The van der Waals surface area contributed by atoms with Crippen molar-refractivity contribution in [2.24, 2.45) is 0 Å². The van der Waals surface area contributed by atoms with Gasteiger partial charge in [0.25, 0.3) is 0 Å². The van der Waals surface area contributed by atoms with E-state index in [1.807, 2.05) is 0 Å². The van der Waals surface area contributed by atoms with Crippen LogP contribution in [0.1, 0.15) is 5.56 Å². The summed E-state index contributed by atoms with van der Waals surface area (Å²) >= 11 is 0. The molecule has 0 fully saturated rings. The summed E-state index contributed by atoms with van der Waals surface area (Å²) in [4.78, 5) is 0. The van der Waals surface area contributed by atoms with Crippen molar-refractivity contribution in [3.63, 3.8) is 0 Å². The first kappa shape index (κ1) is 6.34. The Morgan fingerprint density at radius 3 is 2.56 bits per heavy atom. The molecule has 44 valence electrons. The van der Waals surface area contributed by atoms with Crippen LogP contribution in [0.4, 0.5) is 4.39 Å². The molecule has 0 amide bonds. The highest BCUT2D eigenvalue weighted by atomic mass is 19.1. The van der Waals surface area contributed by atoms with Crippen LogP contribution in [-0.2, 0) is 0 Å². The van der Waals surface area contributed by atoms with Crippen LogP contribution < -0.4 is 5.46 Å². The molecule has 0 bridgehead atoms. The summed E-state index contributed by atoms with van der Waals surface area (Å²) < 4.78 is 12.3. The van der Waals surface area contributed by atoms with Crippen molar-refractivity contribution in [3.8, 4) is 0 Å². The van der Waals surface area contributed by atoms with Gasteiger partial charge in [-0.1, -0.05) is 17.1 Å². The van der Waals surface area contributed by atoms with Crippen LogP contribution in [0.3, 0.4) is 0 Å². The van der Waals surface area contributed by atoms with Crippen molar-refractivity contribution in [1.82, 2.24) is 0 Å². The van der Waals surface area contributed by atoms with Gasteiger partial charge in [0.15, 0.2) is 0 Å². The second-order valence-corrected chi connectivity index (χ2v) is 2.00. The molecular weight excluding hydrogens is 114 g/mol. The maximum absolute atomic E-state index is 12.3. The third-order valence-electron chi connectivity index (χ3n) is 1.23. The van der Waals surface area contributed by atoms with E-state index in [0.717, 1.165) is 5.56 Å². The number of aryl methyl sites for hydroxylation is 1. The van der Waals surface area contributed by atoms with Gasteiger partial charge in [0, 0.05) is 0 Å². The highest BCUT2D eigenvalue weighted by molar-refractivity contribution is 6.33. The second-order valence-electron chi connectivity index (χ2n) is 2.00. The zero-order valence-corrected chi connectivity index (χ0v) is 5.19. The minimum absolute atomic E-state index is 0.235. The molecule has 0 saturated carbocycles. The predicted molar refractivity (Wildman–Crippen MR) is 36.5 cm³/mol. The molecule has 1 aromatic carbocycles. The molecule has 0 aliphatic heterocycles. The number of hydrogen-bond donors (Lipinski definition) is 0. The molecular formula is C7H6BF. The van der Waals surface area contributed by atoms with E-state index < -0.39 is 0 Å². The Labute approximate surface area is 55.1 Å². The van der Waals surface area contributed by atoms with Crippen molar-refractivity contribution in [1.29, 1.82) is 0 Å². The van der Waals surface area contributed by atoms with E-state index in [2.05, 4.69) is 0 Å². The van der Waals surface area contributed by atoms with E-state index in [1.165, 1.54) is 12.1 Å². The molecule has 0 unspecified atom stereocenters. The molecule has 2 heteroatoms. The largest absolute Gasteiger partial charge is 0.207 e. The lowest BCUT2D eigenvalue weighted by atomic mass is 9.91. The monoisotopic (exact) mass is 120 g/mol. The molecule has 0 atom stereocenters. The number of halogens is 1. The molecule has 0 heterocycles. The first-order valence-electron chi connectivity index (χ1n) is 2.72. The van der Waals surface area contributed by atoms with Gasteiger partial charge in [0.1, 0.15) is 13.7 Å². The fraction of sp³-hybridized carbons (Fsp3) is 0.143. The van der Waals surface area contributed by atoms with Crippen molar-refractivity contribution in [3.05, 3.63) is 29.6 Å². The standard InChI is InChI=1S/C7H6BF/c1-5-4-6(9)2-3-7(5)8/h2-4H,1H3. The highest BCUT2D eigenvalue weighted by Crippen LogP contribution is 1.97. The molecule has 0 aliphatic rings. The lowest BCUT2D eigenvalue weighted by Crippen LogP contribution is -2.05. The summed E-state index contributed by atoms with van der Waals surface area (Å²) in [5.74, 6) is -0.235. The molecule has 0 N–H and O–H groups in total. The van der Waals surface area contributed by atoms with Gasteiger partial charge in [0.05, 0.1) is 0 Å². The van der Waals surface area contributed by atoms with Gasteiger partial charge < -0.3 is 0 Å². The third kappa shape index (κ3) is 1.32. The molecule has 0 nitrogen and oxygen atoms in total. The SMILES string of the molecule is [B]c1ccc(F)cc1C. The summed E-state index contributed by atoms with van der Waals surface area (Å²) in [6.45, 7) is 1.78. The van der Waals surface area contributed by atoms with Crippen LogP contribution in [0.15, 0.2) is 18.2 Å². The molecule has 9 heavy (non-hydrogen) atoms. The van der Waals surface area contributed by atoms with Gasteiger partial charge in [-0.05, 0) is 19.1 Å². The zero-order valence-electron chi connectivity index (χ0n) is 5.19. The minimum atomic E-state index is -0.235. The Kier molecular flexibility index (Phi) is 1.56. The zero-order chi connectivity index (χ0) is 6.85. The van der Waals surface area contributed by atoms with Gasteiger partial charge in [0.2, 0.25) is 0 Å². The molecule has 1 rings (SSSR count). The summed E-state index contributed by atoms with van der Waals surface area (Å²) in [6, 6.07) is 4.32. The summed E-state index contributed by atoms with van der Waals surface area (Å²) in [5, 5.41) is 0. The quantitative estimate of drug-likeness (QED) is 0.446. The van der Waals surface area contributed by atoms with Crippen molar-refractivity contribution < 1.29 is 4.39 Å². The van der Waals surface area contributed by atoms with Gasteiger partial charge in [-0.2, -0.15) is 0 Å². The Hall–Kier alpha value is -0.785. The predicted octanol–water partition coefficient (Wildman–Crippen LogP) is 0.928. The average Bonchev–Trinajstić information content (AvgIpc) is 1.80. The molecule has 2 radical (unpaired) electrons. The highest BCUT2D eigenvalue weighted by Gasteiger charge is 1.91. The van der Waals surface area contributed by atoms with E-state index in [0.29, 0.717) is 5.46 Å². The Bertz CT molecular complexity index is 220. The molecule has 0 saturated heterocycles. The normalized spacial score (nSPS) is 9.56. The lowest BCUT2D eigenvalue weighted by molar-refractivity contribution is 0.627. The van der Waals surface area contributed by atoms with E-state index in [4.69, 9.17) is 7.85 Å². The fourth-order valence-electron chi connectivity index (χ4n) is 0.639. The van der Waals surface area contributed by atoms with Crippen molar-refractivity contribution in [2.75, 3.05) is 0 Å². The Balaban J connectivity index is 3.17. The molecule has 0 spiro atoms. The van der Waals surface area contributed by atoms with Gasteiger partial charge >= 0.3 is 0 Å². The smallest absolute Gasteiger partial charge is 0.123 e. The van der Waals surface area contributed by atoms with Crippen molar-refractivity contribution >= 4 is 13.3 Å². The van der Waals surface area contributed by atoms with E-state index in [1.54, 1.807) is 13.0 Å². The summed E-state index contributed by atoms with van der Waals surface area (Å²) in [7, 11) is 5.42. The van der Waals surface area contributed by atoms with E-state index in [9.17, 15) is 4.39 Å². The second kappa shape index (κ2) is 2.22. The molecule has 0 aliphatic carbocycles. The van der Waals surface area contributed by atoms with Crippen LogP contribution >= 0.6 is 0 Å². The van der Waals surface area contributed by atoms with Gasteiger partial charge in [-0.25, -0.2) is 4.39 Å². The number of hydrogen-bond acceptors (Lipinski definition) is 0. The van der Waals surface area contributed by atoms with Crippen LogP contribution in [0.5, 0.6) is 0 Å². The Morgan fingerprint density at radius 1 is 1.44 bits per heavy atom. The number of benzene rings is 1. The lowest BCUT2D eigenvalue weighted by Gasteiger charge is -1.96. The van der Waals surface area contributed by atoms with Gasteiger partial charge in [-0.15, -0.1) is 0 Å². The molecule has 0 aromatic heterocycles. The average molecular weight is 120 g/mol. The minimum Gasteiger partial charge on any atom is -0.207 e. The van der Waals surface area contributed by atoms with E-state index in [-0.39, 0.29) is 5.82 Å². The van der Waals surface area contributed by atoms with Crippen LogP contribution in [0.25, 0.3) is 0 Å². The fourth-order valence-corrected chi connectivity index (χ4v) is 0.639. The topological polar surface area (TPSA) is 0 Å².